The molecule has 0 saturated heterocycles. The van der Waals surface area contributed by atoms with Crippen LogP contribution in [0, 0.1) is 0 Å². The quantitative estimate of drug-likeness (QED) is 0.818. The van der Waals surface area contributed by atoms with Crippen LogP contribution in [0.15, 0.2) is 42.5 Å². The number of hydrogen-bond donors (Lipinski definition) is 1. The Morgan fingerprint density at radius 1 is 1.05 bits per heavy atom. The molecule has 1 saturated carbocycles. The molecule has 0 atom stereocenters. The number of rotatable bonds is 4. The van der Waals surface area contributed by atoms with Gasteiger partial charge in [-0.25, -0.2) is 0 Å². The van der Waals surface area contributed by atoms with E-state index in [1.165, 1.54) is 5.56 Å². The molecule has 1 N–H and O–H groups in total. The van der Waals surface area contributed by atoms with Crippen LogP contribution in [-0.2, 0) is 0 Å². The third-order valence-electron chi connectivity index (χ3n) is 4.01. The van der Waals surface area contributed by atoms with Crippen LogP contribution < -0.4 is 10.1 Å². The lowest BCUT2D eigenvalue weighted by molar-refractivity contribution is 0.350. The molecular formula is C17H17Cl2NO. The Morgan fingerprint density at radius 2 is 1.81 bits per heavy atom. The molecule has 21 heavy (non-hydrogen) atoms. The van der Waals surface area contributed by atoms with E-state index in [-0.39, 0.29) is 0 Å². The molecule has 0 amide bonds. The summed E-state index contributed by atoms with van der Waals surface area (Å²) < 4.78 is 5.43. The molecule has 1 fully saturated rings. The van der Waals surface area contributed by atoms with Gasteiger partial charge in [-0.1, -0.05) is 41.4 Å². The average Bonchev–Trinajstić information content (AvgIpc) is 2.46. The fraction of sp³-hybridized carbons (Fsp3) is 0.294. The van der Waals surface area contributed by atoms with Crippen molar-refractivity contribution >= 4 is 28.9 Å². The van der Waals surface area contributed by atoms with Gasteiger partial charge in [0.05, 0.1) is 17.2 Å². The van der Waals surface area contributed by atoms with Crippen molar-refractivity contribution in [2.24, 2.45) is 0 Å². The number of hydrogen-bond acceptors (Lipinski definition) is 2. The van der Waals surface area contributed by atoms with Gasteiger partial charge in [0.25, 0.3) is 0 Å². The zero-order valence-electron chi connectivity index (χ0n) is 11.8. The van der Waals surface area contributed by atoms with E-state index in [4.69, 9.17) is 27.9 Å². The minimum Gasteiger partial charge on any atom is -0.496 e. The molecule has 0 aromatic heterocycles. The van der Waals surface area contributed by atoms with Gasteiger partial charge in [-0.3, -0.25) is 0 Å². The number of nitrogens with one attached hydrogen (secondary N) is 1. The largest absolute Gasteiger partial charge is 0.496 e. The Kier molecular flexibility index (Phi) is 4.27. The van der Waals surface area contributed by atoms with Crippen LogP contribution in [0.2, 0.25) is 10.0 Å². The van der Waals surface area contributed by atoms with Gasteiger partial charge in [-0.15, -0.1) is 0 Å². The van der Waals surface area contributed by atoms with Crippen LogP contribution in [0.4, 0.5) is 5.69 Å². The fourth-order valence-corrected chi connectivity index (χ4v) is 3.11. The van der Waals surface area contributed by atoms with Gasteiger partial charge in [-0.2, -0.15) is 0 Å². The first-order valence-electron chi connectivity index (χ1n) is 7.02. The highest BCUT2D eigenvalue weighted by atomic mass is 35.5. The van der Waals surface area contributed by atoms with E-state index in [0.29, 0.717) is 22.0 Å². The summed E-state index contributed by atoms with van der Waals surface area (Å²) in [5.41, 5.74) is 2.32. The summed E-state index contributed by atoms with van der Waals surface area (Å²) in [4.78, 5) is 0. The van der Waals surface area contributed by atoms with E-state index in [0.717, 1.165) is 24.3 Å². The van der Waals surface area contributed by atoms with Crippen LogP contribution in [-0.4, -0.2) is 13.2 Å². The molecule has 110 valence electrons. The lowest BCUT2D eigenvalue weighted by Crippen LogP contribution is -2.34. The number of benzene rings is 2. The Balaban J connectivity index is 1.62. The fourth-order valence-electron chi connectivity index (χ4n) is 2.81. The van der Waals surface area contributed by atoms with Crippen molar-refractivity contribution in [3.8, 4) is 5.75 Å². The van der Waals surface area contributed by atoms with E-state index in [9.17, 15) is 0 Å². The summed E-state index contributed by atoms with van der Waals surface area (Å²) in [6.07, 6.45) is 2.20. The number of anilines is 1. The van der Waals surface area contributed by atoms with Crippen molar-refractivity contribution in [1.82, 2.24) is 0 Å². The van der Waals surface area contributed by atoms with Crippen LogP contribution in [0.25, 0.3) is 0 Å². The number of ether oxygens (including phenoxy) is 1. The summed E-state index contributed by atoms with van der Waals surface area (Å²) in [5.74, 6) is 1.54. The maximum atomic E-state index is 6.03. The van der Waals surface area contributed by atoms with Crippen molar-refractivity contribution in [2.75, 3.05) is 12.4 Å². The summed E-state index contributed by atoms with van der Waals surface area (Å²) in [5, 5.41) is 4.67. The highest BCUT2D eigenvalue weighted by molar-refractivity contribution is 6.42. The molecule has 2 aromatic carbocycles. The topological polar surface area (TPSA) is 21.3 Å². The Bertz CT molecular complexity index is 638. The smallest absolute Gasteiger partial charge is 0.122 e. The second-order valence-corrected chi connectivity index (χ2v) is 6.19. The van der Waals surface area contributed by atoms with Crippen molar-refractivity contribution < 1.29 is 4.74 Å². The van der Waals surface area contributed by atoms with Crippen molar-refractivity contribution in [2.45, 2.75) is 24.8 Å². The number of para-hydroxylation sites is 1. The summed E-state index contributed by atoms with van der Waals surface area (Å²) in [6.45, 7) is 0. The molecule has 0 radical (unpaired) electrons. The standard InChI is InChI=1S/C17H17Cl2NO/c1-21-17-5-3-2-4-14(17)11-8-13(9-11)20-12-6-7-15(18)16(19)10-12/h2-7,10-11,13,20H,8-9H2,1H3. The van der Waals surface area contributed by atoms with Crippen molar-refractivity contribution in [3.63, 3.8) is 0 Å². The molecular weight excluding hydrogens is 305 g/mol. The normalized spacial score (nSPS) is 20.7. The molecule has 0 heterocycles. The minimum atomic E-state index is 0.470. The summed E-state index contributed by atoms with van der Waals surface area (Å²) >= 11 is 12.0. The predicted molar refractivity (Wildman–Crippen MR) is 88.8 cm³/mol. The zero-order chi connectivity index (χ0) is 14.8. The third kappa shape index (κ3) is 3.12. The van der Waals surface area contributed by atoms with Gasteiger partial charge in [0.1, 0.15) is 5.75 Å². The van der Waals surface area contributed by atoms with Crippen molar-refractivity contribution in [3.05, 3.63) is 58.1 Å². The maximum Gasteiger partial charge on any atom is 0.122 e. The monoisotopic (exact) mass is 321 g/mol. The van der Waals surface area contributed by atoms with E-state index in [1.807, 2.05) is 30.3 Å². The highest BCUT2D eigenvalue weighted by Crippen LogP contribution is 2.42. The second-order valence-electron chi connectivity index (χ2n) is 5.38. The third-order valence-corrected chi connectivity index (χ3v) is 4.75. The van der Waals surface area contributed by atoms with Gasteiger partial charge in [-0.05, 0) is 48.6 Å². The minimum absolute atomic E-state index is 0.470. The molecule has 0 spiro atoms. The molecule has 2 nitrogen and oxygen atoms in total. The van der Waals surface area contributed by atoms with Gasteiger partial charge < -0.3 is 10.1 Å². The molecule has 0 aliphatic heterocycles. The van der Waals surface area contributed by atoms with Crippen LogP contribution in [0.1, 0.15) is 24.3 Å². The maximum absolute atomic E-state index is 6.03. The van der Waals surface area contributed by atoms with E-state index in [1.54, 1.807) is 7.11 Å². The molecule has 1 aliphatic rings. The Hall–Kier alpha value is -1.38. The van der Waals surface area contributed by atoms with E-state index in [2.05, 4.69) is 17.4 Å². The Morgan fingerprint density at radius 3 is 2.52 bits per heavy atom. The second kappa shape index (κ2) is 6.17. The van der Waals surface area contributed by atoms with Crippen LogP contribution in [0.5, 0.6) is 5.75 Å². The molecule has 4 heteroatoms. The molecule has 2 aromatic rings. The molecule has 3 rings (SSSR count). The Labute approximate surface area is 135 Å². The van der Waals surface area contributed by atoms with Gasteiger partial charge in [0.15, 0.2) is 0 Å². The lowest BCUT2D eigenvalue weighted by Gasteiger charge is -2.37. The van der Waals surface area contributed by atoms with Gasteiger partial charge in [0.2, 0.25) is 0 Å². The predicted octanol–water partition coefficient (Wildman–Crippen LogP) is 5.36. The molecule has 0 unspecified atom stereocenters. The SMILES string of the molecule is COc1ccccc1C1CC(Nc2ccc(Cl)c(Cl)c2)C1. The number of halogens is 2. The average molecular weight is 322 g/mol. The first-order chi connectivity index (χ1) is 10.2. The van der Waals surface area contributed by atoms with Crippen LogP contribution >= 0.6 is 23.2 Å². The summed E-state index contributed by atoms with van der Waals surface area (Å²) in [6, 6.07) is 14.4. The van der Waals surface area contributed by atoms with Crippen molar-refractivity contribution in [1.29, 1.82) is 0 Å². The lowest BCUT2D eigenvalue weighted by atomic mass is 9.75. The summed E-state index contributed by atoms with van der Waals surface area (Å²) in [7, 11) is 1.73. The van der Waals surface area contributed by atoms with Crippen LogP contribution in [0.3, 0.4) is 0 Å². The molecule has 0 bridgehead atoms. The van der Waals surface area contributed by atoms with Gasteiger partial charge in [0, 0.05) is 11.7 Å². The highest BCUT2D eigenvalue weighted by Gasteiger charge is 2.31. The first kappa shape index (κ1) is 14.6. The van der Waals surface area contributed by atoms with Gasteiger partial charge >= 0.3 is 0 Å². The zero-order valence-corrected chi connectivity index (χ0v) is 13.3. The van der Waals surface area contributed by atoms with E-state index >= 15 is 0 Å². The van der Waals surface area contributed by atoms with E-state index < -0.39 is 0 Å². The first-order valence-corrected chi connectivity index (χ1v) is 7.77. The molecule has 1 aliphatic carbocycles. The number of methoxy groups -OCH3 is 1.